The van der Waals surface area contributed by atoms with E-state index >= 15 is 0 Å². The van der Waals surface area contributed by atoms with E-state index in [0.717, 1.165) is 17.1 Å². The van der Waals surface area contributed by atoms with Gasteiger partial charge in [0.05, 0.1) is 17.3 Å². The van der Waals surface area contributed by atoms with Gasteiger partial charge in [0.1, 0.15) is 0 Å². The first-order chi connectivity index (χ1) is 11.6. The summed E-state index contributed by atoms with van der Waals surface area (Å²) in [5.74, 6) is 0.398. The van der Waals surface area contributed by atoms with E-state index in [0.29, 0.717) is 18.1 Å². The fraction of sp³-hybridized carbons (Fsp3) is 0.625. The molecule has 0 bridgehead atoms. The lowest BCUT2D eigenvalue weighted by Crippen LogP contribution is -2.24. The minimum Gasteiger partial charge on any atom is -0.380 e. The number of nitrogens with zero attached hydrogens (tertiary/aromatic N) is 1. The number of hydrogen-bond donors (Lipinski definition) is 1. The fourth-order valence-electron chi connectivity index (χ4n) is 2.45. The second kappa shape index (κ2) is 8.03. The second-order valence-corrected chi connectivity index (χ2v) is 10.5. The van der Waals surface area contributed by atoms with E-state index in [-0.39, 0.29) is 22.9 Å². The van der Waals surface area contributed by atoms with Crippen LogP contribution in [-0.4, -0.2) is 54.2 Å². The Kier molecular flexibility index (Phi) is 6.47. The van der Waals surface area contributed by atoms with Crippen molar-refractivity contribution in [3.63, 3.8) is 0 Å². The van der Waals surface area contributed by atoms with Crippen LogP contribution in [0.15, 0.2) is 23.1 Å². The maximum Gasteiger partial charge on any atom is 0.242 e. The van der Waals surface area contributed by atoms with E-state index in [1.165, 1.54) is 26.6 Å². The molecule has 1 aliphatic carbocycles. The summed E-state index contributed by atoms with van der Waals surface area (Å²) in [6, 6.07) is 4.48. The fourth-order valence-corrected chi connectivity index (χ4v) is 4.52. The quantitative estimate of drug-likeness (QED) is 0.649. The molecule has 1 N–H and O–H groups in total. The number of nitrogens with one attached hydrogen (secondary N) is 1. The summed E-state index contributed by atoms with van der Waals surface area (Å²) < 4.78 is 57.9. The Hall–Kier alpha value is -1.16. The summed E-state index contributed by atoms with van der Waals surface area (Å²) >= 11 is 0. The third-order valence-electron chi connectivity index (χ3n) is 4.29. The van der Waals surface area contributed by atoms with Crippen LogP contribution in [0.25, 0.3) is 0 Å². The Morgan fingerprint density at radius 3 is 2.44 bits per heavy atom. The number of benzene rings is 1. The van der Waals surface area contributed by atoms with Crippen molar-refractivity contribution >= 4 is 25.7 Å². The standard InChI is InChI=1S/C16H26N2O5S2/c1-13-7-8-15(11-16(13)25(21,22)18(2)3)17-24(19,20)10-9-23-12-14-5-4-6-14/h7-8,11,14,17H,4-6,9-10,12H2,1-3H3. The van der Waals surface area contributed by atoms with Crippen LogP contribution < -0.4 is 4.72 Å². The van der Waals surface area contributed by atoms with Crippen LogP contribution in [0.3, 0.4) is 0 Å². The Bertz CT molecular complexity index is 800. The lowest BCUT2D eigenvalue weighted by atomic mass is 9.86. The molecule has 2 rings (SSSR count). The smallest absolute Gasteiger partial charge is 0.242 e. The predicted molar refractivity (Wildman–Crippen MR) is 97.6 cm³/mol. The highest BCUT2D eigenvalue weighted by atomic mass is 32.2. The number of ether oxygens (including phenoxy) is 1. The molecule has 25 heavy (non-hydrogen) atoms. The molecule has 7 nitrogen and oxygen atoms in total. The van der Waals surface area contributed by atoms with Crippen LogP contribution in [0.2, 0.25) is 0 Å². The third kappa shape index (κ3) is 5.40. The number of aryl methyl sites for hydroxylation is 1. The van der Waals surface area contributed by atoms with E-state index in [1.54, 1.807) is 19.1 Å². The van der Waals surface area contributed by atoms with Gasteiger partial charge in [-0.1, -0.05) is 12.5 Å². The molecule has 0 saturated heterocycles. The number of sulfonamides is 2. The van der Waals surface area contributed by atoms with Crippen molar-refractivity contribution in [1.82, 2.24) is 4.31 Å². The molecule has 142 valence electrons. The summed E-state index contributed by atoms with van der Waals surface area (Å²) in [5.41, 5.74) is 0.783. The molecule has 1 aromatic rings. The largest absolute Gasteiger partial charge is 0.380 e. The molecular formula is C16H26N2O5S2. The topological polar surface area (TPSA) is 92.8 Å². The van der Waals surface area contributed by atoms with Gasteiger partial charge >= 0.3 is 0 Å². The molecule has 1 aliphatic rings. The molecule has 1 aromatic carbocycles. The van der Waals surface area contributed by atoms with Crippen LogP contribution in [0.5, 0.6) is 0 Å². The summed E-state index contributed by atoms with van der Waals surface area (Å²) in [7, 11) is -4.37. The highest BCUT2D eigenvalue weighted by molar-refractivity contribution is 7.92. The van der Waals surface area contributed by atoms with Crippen molar-refractivity contribution in [2.24, 2.45) is 5.92 Å². The monoisotopic (exact) mass is 390 g/mol. The first-order valence-electron chi connectivity index (χ1n) is 8.23. The molecule has 9 heteroatoms. The first-order valence-corrected chi connectivity index (χ1v) is 11.3. The van der Waals surface area contributed by atoms with Gasteiger partial charge in [-0.15, -0.1) is 0 Å². The van der Waals surface area contributed by atoms with Gasteiger partial charge in [0.25, 0.3) is 0 Å². The summed E-state index contributed by atoms with van der Waals surface area (Å²) in [6.45, 7) is 2.40. The predicted octanol–water partition coefficient (Wildman–Crippen LogP) is 1.80. The minimum atomic E-state index is -3.64. The molecule has 0 atom stereocenters. The zero-order valence-electron chi connectivity index (χ0n) is 14.9. The molecule has 1 fully saturated rings. The summed E-state index contributed by atoms with van der Waals surface area (Å²) in [6.07, 6.45) is 3.52. The van der Waals surface area contributed by atoms with Gasteiger partial charge in [-0.25, -0.2) is 21.1 Å². The van der Waals surface area contributed by atoms with Gasteiger partial charge < -0.3 is 4.74 Å². The molecule has 1 saturated carbocycles. The van der Waals surface area contributed by atoms with Crippen molar-refractivity contribution in [2.45, 2.75) is 31.1 Å². The molecule has 0 aromatic heterocycles. The van der Waals surface area contributed by atoms with Crippen molar-refractivity contribution in [2.75, 3.05) is 37.8 Å². The van der Waals surface area contributed by atoms with Gasteiger partial charge in [0.15, 0.2) is 0 Å². The summed E-state index contributed by atoms with van der Waals surface area (Å²) in [4.78, 5) is 0.0823. The molecule has 0 unspecified atom stereocenters. The van der Waals surface area contributed by atoms with Gasteiger partial charge in [-0.2, -0.15) is 0 Å². The Morgan fingerprint density at radius 2 is 1.88 bits per heavy atom. The highest BCUT2D eigenvalue weighted by Crippen LogP contribution is 2.26. The van der Waals surface area contributed by atoms with E-state index in [9.17, 15) is 16.8 Å². The Morgan fingerprint density at radius 1 is 1.20 bits per heavy atom. The van der Waals surface area contributed by atoms with E-state index in [2.05, 4.69) is 4.72 Å². The molecule has 0 amide bonds. The van der Waals surface area contributed by atoms with Crippen molar-refractivity contribution in [1.29, 1.82) is 0 Å². The van der Waals surface area contributed by atoms with Gasteiger partial charge in [-0.3, -0.25) is 4.72 Å². The van der Waals surface area contributed by atoms with Crippen LogP contribution in [0.4, 0.5) is 5.69 Å². The Balaban J connectivity index is 2.01. The summed E-state index contributed by atoms with van der Waals surface area (Å²) in [5, 5.41) is 0. The van der Waals surface area contributed by atoms with E-state index in [1.807, 2.05) is 0 Å². The van der Waals surface area contributed by atoms with Crippen LogP contribution >= 0.6 is 0 Å². The van der Waals surface area contributed by atoms with Gasteiger partial charge in [0, 0.05) is 26.4 Å². The van der Waals surface area contributed by atoms with Gasteiger partial charge in [-0.05, 0) is 43.4 Å². The zero-order chi connectivity index (χ0) is 18.7. The maximum atomic E-state index is 12.3. The lowest BCUT2D eigenvalue weighted by Gasteiger charge is -2.24. The third-order valence-corrected chi connectivity index (χ3v) is 7.50. The average Bonchev–Trinajstić information content (AvgIpc) is 2.46. The second-order valence-electron chi connectivity index (χ2n) is 6.56. The molecule has 0 radical (unpaired) electrons. The molecular weight excluding hydrogens is 364 g/mol. The van der Waals surface area contributed by atoms with Crippen molar-refractivity contribution in [3.8, 4) is 0 Å². The highest BCUT2D eigenvalue weighted by Gasteiger charge is 2.21. The van der Waals surface area contributed by atoms with Crippen LogP contribution in [-0.2, 0) is 24.8 Å². The van der Waals surface area contributed by atoms with Crippen LogP contribution in [0, 0.1) is 12.8 Å². The van der Waals surface area contributed by atoms with E-state index < -0.39 is 20.0 Å². The van der Waals surface area contributed by atoms with Crippen LogP contribution in [0.1, 0.15) is 24.8 Å². The van der Waals surface area contributed by atoms with Crippen molar-refractivity contribution < 1.29 is 21.6 Å². The zero-order valence-corrected chi connectivity index (χ0v) is 16.5. The van der Waals surface area contributed by atoms with Gasteiger partial charge in [0.2, 0.25) is 20.0 Å². The number of rotatable bonds is 9. The molecule has 0 aliphatic heterocycles. The lowest BCUT2D eigenvalue weighted by molar-refractivity contribution is 0.0800. The Labute approximate surface area is 150 Å². The first kappa shape index (κ1) is 20.2. The molecule has 0 heterocycles. The maximum absolute atomic E-state index is 12.3. The normalized spacial score (nSPS) is 16.0. The number of anilines is 1. The molecule has 0 spiro atoms. The SMILES string of the molecule is Cc1ccc(NS(=O)(=O)CCOCC2CCC2)cc1S(=O)(=O)N(C)C. The van der Waals surface area contributed by atoms with Crippen molar-refractivity contribution in [3.05, 3.63) is 23.8 Å². The van der Waals surface area contributed by atoms with E-state index in [4.69, 9.17) is 4.74 Å². The average molecular weight is 391 g/mol. The number of hydrogen-bond acceptors (Lipinski definition) is 5. The minimum absolute atomic E-state index is 0.0823.